The Morgan fingerprint density at radius 3 is 2.72 bits per heavy atom. The van der Waals surface area contributed by atoms with Gasteiger partial charge in [-0.1, -0.05) is 0 Å². The Kier molecular flexibility index (Phi) is 4.69. The van der Waals surface area contributed by atoms with E-state index in [-0.39, 0.29) is 18.1 Å². The molecule has 3 N–H and O–H groups in total. The number of carbonyl (C=O) groups excluding carboxylic acids is 3. The molecule has 1 aliphatic rings. The standard InChI is InChI=1S/C17H15FN4O3/c18-12-7-11-1-2-15(23)21-13(11)8-14(12)22-16(24)9-20-17(25)10-3-5-19-6-4-10/h3-8H,1-2,9H2,(H,20,25)(H,21,23)(H,22,24). The number of hydrogen-bond acceptors (Lipinski definition) is 4. The third-order valence-electron chi connectivity index (χ3n) is 3.71. The summed E-state index contributed by atoms with van der Waals surface area (Å²) in [6.07, 6.45) is 3.69. The Bertz CT molecular complexity index is 839. The van der Waals surface area contributed by atoms with Crippen LogP contribution in [0.25, 0.3) is 0 Å². The van der Waals surface area contributed by atoms with Crippen molar-refractivity contribution in [2.75, 3.05) is 17.2 Å². The molecule has 0 aliphatic carbocycles. The van der Waals surface area contributed by atoms with Crippen molar-refractivity contribution >= 4 is 29.1 Å². The summed E-state index contributed by atoms with van der Waals surface area (Å²) < 4.78 is 14.1. The van der Waals surface area contributed by atoms with Crippen LogP contribution in [-0.2, 0) is 16.0 Å². The molecule has 3 amide bonds. The summed E-state index contributed by atoms with van der Waals surface area (Å²) in [5.74, 6) is -1.76. The Morgan fingerprint density at radius 2 is 1.96 bits per heavy atom. The second-order valence-corrected chi connectivity index (χ2v) is 5.50. The zero-order valence-electron chi connectivity index (χ0n) is 13.1. The van der Waals surface area contributed by atoms with E-state index in [0.29, 0.717) is 29.7 Å². The second-order valence-electron chi connectivity index (χ2n) is 5.50. The van der Waals surface area contributed by atoms with Crippen LogP contribution in [0.4, 0.5) is 15.8 Å². The second kappa shape index (κ2) is 7.08. The van der Waals surface area contributed by atoms with Crippen LogP contribution >= 0.6 is 0 Å². The van der Waals surface area contributed by atoms with E-state index in [1.165, 1.54) is 36.7 Å². The molecule has 1 aromatic carbocycles. The molecule has 7 nitrogen and oxygen atoms in total. The Balaban J connectivity index is 1.62. The molecule has 128 valence electrons. The fraction of sp³-hybridized carbons (Fsp3) is 0.176. The van der Waals surface area contributed by atoms with E-state index in [1.807, 2.05) is 0 Å². The Hall–Kier alpha value is -3.29. The molecule has 0 bridgehead atoms. The molecule has 0 spiro atoms. The van der Waals surface area contributed by atoms with Gasteiger partial charge in [-0.05, 0) is 36.2 Å². The van der Waals surface area contributed by atoms with E-state index in [9.17, 15) is 18.8 Å². The summed E-state index contributed by atoms with van der Waals surface area (Å²) in [4.78, 5) is 39.0. The first-order valence-corrected chi connectivity index (χ1v) is 7.63. The molecule has 2 heterocycles. The lowest BCUT2D eigenvalue weighted by Gasteiger charge is -2.18. The van der Waals surface area contributed by atoms with Crippen molar-refractivity contribution in [2.45, 2.75) is 12.8 Å². The minimum Gasteiger partial charge on any atom is -0.343 e. The molecule has 0 atom stereocenters. The van der Waals surface area contributed by atoms with Crippen molar-refractivity contribution in [2.24, 2.45) is 0 Å². The average molecular weight is 342 g/mol. The monoisotopic (exact) mass is 342 g/mol. The molecular weight excluding hydrogens is 327 g/mol. The molecule has 3 rings (SSSR count). The minimum atomic E-state index is -0.594. The topological polar surface area (TPSA) is 100 Å². The van der Waals surface area contributed by atoms with Crippen LogP contribution in [0.1, 0.15) is 22.3 Å². The lowest BCUT2D eigenvalue weighted by molar-refractivity contribution is -0.116. The number of pyridine rings is 1. The van der Waals surface area contributed by atoms with Crippen LogP contribution in [0.3, 0.4) is 0 Å². The number of benzene rings is 1. The molecule has 0 radical (unpaired) electrons. The molecule has 0 unspecified atom stereocenters. The Morgan fingerprint density at radius 1 is 1.20 bits per heavy atom. The number of rotatable bonds is 4. The quantitative estimate of drug-likeness (QED) is 0.783. The van der Waals surface area contributed by atoms with Crippen molar-refractivity contribution in [3.8, 4) is 0 Å². The number of aromatic nitrogens is 1. The van der Waals surface area contributed by atoms with Crippen molar-refractivity contribution in [1.82, 2.24) is 10.3 Å². The first-order valence-electron chi connectivity index (χ1n) is 7.63. The predicted octanol–water partition coefficient (Wildman–Crippen LogP) is 1.47. The van der Waals surface area contributed by atoms with E-state index in [1.54, 1.807) is 0 Å². The molecule has 1 aliphatic heterocycles. The summed E-state index contributed by atoms with van der Waals surface area (Å²) in [5, 5.41) is 7.47. The third-order valence-corrected chi connectivity index (χ3v) is 3.71. The van der Waals surface area contributed by atoms with Gasteiger partial charge in [-0.3, -0.25) is 19.4 Å². The van der Waals surface area contributed by atoms with Crippen LogP contribution < -0.4 is 16.0 Å². The van der Waals surface area contributed by atoms with Crippen molar-refractivity contribution in [1.29, 1.82) is 0 Å². The van der Waals surface area contributed by atoms with Gasteiger partial charge in [0.2, 0.25) is 11.8 Å². The largest absolute Gasteiger partial charge is 0.343 e. The highest BCUT2D eigenvalue weighted by molar-refractivity contribution is 6.00. The minimum absolute atomic E-state index is 0.0517. The number of aryl methyl sites for hydroxylation is 1. The van der Waals surface area contributed by atoms with Crippen molar-refractivity contribution < 1.29 is 18.8 Å². The fourth-order valence-corrected chi connectivity index (χ4v) is 2.45. The third kappa shape index (κ3) is 3.97. The number of amides is 3. The lowest BCUT2D eigenvalue weighted by atomic mass is 10.0. The van der Waals surface area contributed by atoms with Gasteiger partial charge in [0.25, 0.3) is 5.91 Å². The highest BCUT2D eigenvalue weighted by Gasteiger charge is 2.18. The molecule has 0 fully saturated rings. The highest BCUT2D eigenvalue weighted by atomic mass is 19.1. The maximum atomic E-state index is 14.1. The summed E-state index contributed by atoms with van der Waals surface area (Å²) in [6, 6.07) is 5.70. The summed E-state index contributed by atoms with van der Waals surface area (Å²) in [5.41, 5.74) is 1.48. The Labute approximate surface area is 142 Å². The van der Waals surface area contributed by atoms with Crippen LogP contribution in [-0.4, -0.2) is 29.3 Å². The lowest BCUT2D eigenvalue weighted by Crippen LogP contribution is -2.33. The molecule has 0 saturated carbocycles. The maximum absolute atomic E-state index is 14.1. The van der Waals surface area contributed by atoms with Gasteiger partial charge in [0.1, 0.15) is 5.82 Å². The number of halogens is 1. The van der Waals surface area contributed by atoms with E-state index in [0.717, 1.165) is 0 Å². The highest BCUT2D eigenvalue weighted by Crippen LogP contribution is 2.28. The number of fused-ring (bicyclic) bond motifs is 1. The fourth-order valence-electron chi connectivity index (χ4n) is 2.45. The van der Waals surface area contributed by atoms with E-state index >= 15 is 0 Å². The summed E-state index contributed by atoms with van der Waals surface area (Å²) in [6.45, 7) is -0.315. The normalized spacial score (nSPS) is 12.8. The molecule has 2 aromatic rings. The smallest absolute Gasteiger partial charge is 0.251 e. The number of nitrogens with one attached hydrogen (secondary N) is 3. The van der Waals surface area contributed by atoms with E-state index in [4.69, 9.17) is 0 Å². The van der Waals surface area contributed by atoms with Gasteiger partial charge in [-0.15, -0.1) is 0 Å². The molecule has 1 aromatic heterocycles. The van der Waals surface area contributed by atoms with Gasteiger partial charge >= 0.3 is 0 Å². The molecule has 8 heteroatoms. The van der Waals surface area contributed by atoms with Gasteiger partial charge < -0.3 is 16.0 Å². The van der Waals surface area contributed by atoms with E-state index < -0.39 is 17.6 Å². The van der Waals surface area contributed by atoms with Crippen LogP contribution in [0.2, 0.25) is 0 Å². The number of nitrogens with zero attached hydrogens (tertiary/aromatic N) is 1. The molecular formula is C17H15FN4O3. The summed E-state index contributed by atoms with van der Waals surface area (Å²) >= 11 is 0. The first-order chi connectivity index (χ1) is 12.0. The first kappa shape index (κ1) is 16.6. The van der Waals surface area contributed by atoms with Gasteiger partial charge in [0.15, 0.2) is 0 Å². The van der Waals surface area contributed by atoms with Crippen molar-refractivity contribution in [3.05, 3.63) is 53.6 Å². The molecule has 25 heavy (non-hydrogen) atoms. The SMILES string of the molecule is O=C(CNC(=O)c1ccncc1)Nc1cc2c(cc1F)CCC(=O)N2. The zero-order valence-corrected chi connectivity index (χ0v) is 13.1. The zero-order chi connectivity index (χ0) is 17.8. The van der Waals surface area contributed by atoms with Gasteiger partial charge in [0, 0.05) is 30.1 Å². The van der Waals surface area contributed by atoms with Crippen molar-refractivity contribution in [3.63, 3.8) is 0 Å². The predicted molar refractivity (Wildman–Crippen MR) is 88.6 cm³/mol. The maximum Gasteiger partial charge on any atom is 0.251 e. The number of hydrogen-bond donors (Lipinski definition) is 3. The van der Waals surface area contributed by atoms with Crippen LogP contribution in [0.5, 0.6) is 0 Å². The van der Waals surface area contributed by atoms with Gasteiger partial charge in [-0.25, -0.2) is 4.39 Å². The average Bonchev–Trinajstić information content (AvgIpc) is 2.61. The number of anilines is 2. The van der Waals surface area contributed by atoms with Crippen LogP contribution in [0, 0.1) is 5.82 Å². The van der Waals surface area contributed by atoms with E-state index in [2.05, 4.69) is 20.9 Å². The van der Waals surface area contributed by atoms with Gasteiger partial charge in [0.05, 0.1) is 12.2 Å². The molecule has 0 saturated heterocycles. The summed E-state index contributed by atoms with van der Waals surface area (Å²) in [7, 11) is 0. The van der Waals surface area contributed by atoms with Gasteiger partial charge in [-0.2, -0.15) is 0 Å². The number of carbonyl (C=O) groups is 3. The van der Waals surface area contributed by atoms with Crippen LogP contribution in [0.15, 0.2) is 36.7 Å².